The van der Waals surface area contributed by atoms with Gasteiger partial charge < -0.3 is 15.7 Å². The Kier molecular flexibility index (Phi) is 7.23. The Bertz CT molecular complexity index is 304. The van der Waals surface area contributed by atoms with E-state index in [4.69, 9.17) is 5.11 Å². The van der Waals surface area contributed by atoms with Gasteiger partial charge in [-0.25, -0.2) is 4.79 Å². The van der Waals surface area contributed by atoms with E-state index in [1.165, 1.54) is 0 Å². The molecule has 3 N–H and O–H groups in total. The molecule has 0 aliphatic carbocycles. The summed E-state index contributed by atoms with van der Waals surface area (Å²) in [6.45, 7) is 5.91. The molecule has 0 bridgehead atoms. The first-order valence-corrected chi connectivity index (χ1v) is 7.88. The highest BCUT2D eigenvalue weighted by molar-refractivity contribution is 8.00. The normalized spacial score (nSPS) is 18.3. The molecule has 1 heterocycles. The Labute approximate surface area is 118 Å². The molecule has 1 fully saturated rings. The van der Waals surface area contributed by atoms with Gasteiger partial charge in [0.1, 0.15) is 6.04 Å². The molecule has 0 saturated carbocycles. The molecule has 1 atom stereocenters. The molecule has 1 amide bonds. The van der Waals surface area contributed by atoms with E-state index in [2.05, 4.69) is 10.6 Å². The molecule has 6 heteroatoms. The molecule has 5 nitrogen and oxygen atoms in total. The number of carbonyl (C=O) groups excluding carboxylic acids is 1. The van der Waals surface area contributed by atoms with Crippen molar-refractivity contribution in [1.29, 1.82) is 0 Å². The fourth-order valence-electron chi connectivity index (χ4n) is 2.08. The largest absolute Gasteiger partial charge is 0.480 e. The molecule has 0 aromatic rings. The van der Waals surface area contributed by atoms with Gasteiger partial charge >= 0.3 is 5.97 Å². The van der Waals surface area contributed by atoms with Crippen molar-refractivity contribution in [2.24, 2.45) is 5.92 Å². The standard InChI is InChI=1S/C13H24N2O3S/c1-9(2)7-11(13(17)18)15-12(16)8-19-10-3-5-14-6-4-10/h9-11,14H,3-8H2,1-2H3,(H,15,16)(H,17,18)/t11-/m0/s1. The number of carboxylic acids is 1. The van der Waals surface area contributed by atoms with Crippen molar-refractivity contribution in [3.63, 3.8) is 0 Å². The number of hydrogen-bond donors (Lipinski definition) is 3. The van der Waals surface area contributed by atoms with Crippen LogP contribution in [0, 0.1) is 5.92 Å². The first-order valence-electron chi connectivity index (χ1n) is 6.83. The van der Waals surface area contributed by atoms with E-state index in [-0.39, 0.29) is 11.8 Å². The van der Waals surface area contributed by atoms with E-state index < -0.39 is 12.0 Å². The number of thioether (sulfide) groups is 1. The summed E-state index contributed by atoms with van der Waals surface area (Å²) in [6.07, 6.45) is 2.62. The minimum absolute atomic E-state index is 0.170. The summed E-state index contributed by atoms with van der Waals surface area (Å²) < 4.78 is 0. The van der Waals surface area contributed by atoms with Gasteiger partial charge in [-0.2, -0.15) is 0 Å². The summed E-state index contributed by atoms with van der Waals surface area (Å²) in [4.78, 5) is 22.8. The SMILES string of the molecule is CC(C)C[C@H](NC(=O)CSC1CCNCC1)C(=O)O. The Morgan fingerprint density at radius 1 is 1.37 bits per heavy atom. The highest BCUT2D eigenvalue weighted by Gasteiger charge is 2.22. The van der Waals surface area contributed by atoms with Crippen LogP contribution >= 0.6 is 11.8 Å². The molecule has 1 aliphatic rings. The van der Waals surface area contributed by atoms with Crippen molar-refractivity contribution in [2.45, 2.75) is 44.4 Å². The van der Waals surface area contributed by atoms with Crippen LogP contribution in [-0.4, -0.2) is 47.1 Å². The third kappa shape index (κ3) is 6.82. The maximum absolute atomic E-state index is 11.8. The zero-order chi connectivity index (χ0) is 14.3. The Morgan fingerprint density at radius 2 is 2.00 bits per heavy atom. The average Bonchev–Trinajstić information content (AvgIpc) is 2.36. The smallest absolute Gasteiger partial charge is 0.326 e. The lowest BCUT2D eigenvalue weighted by Crippen LogP contribution is -2.42. The molecular formula is C13H24N2O3S. The maximum atomic E-state index is 11.8. The number of carbonyl (C=O) groups is 2. The first-order chi connectivity index (χ1) is 8.99. The minimum Gasteiger partial charge on any atom is -0.480 e. The number of hydrogen-bond acceptors (Lipinski definition) is 4. The topological polar surface area (TPSA) is 78.4 Å². The van der Waals surface area contributed by atoms with Gasteiger partial charge in [-0.1, -0.05) is 13.8 Å². The average molecular weight is 288 g/mol. The van der Waals surface area contributed by atoms with E-state index in [0.717, 1.165) is 25.9 Å². The van der Waals surface area contributed by atoms with Crippen LogP contribution < -0.4 is 10.6 Å². The molecule has 1 saturated heterocycles. The molecule has 19 heavy (non-hydrogen) atoms. The Hall–Kier alpha value is -0.750. The summed E-state index contributed by atoms with van der Waals surface area (Å²) in [7, 11) is 0. The fraction of sp³-hybridized carbons (Fsp3) is 0.846. The molecule has 0 spiro atoms. The van der Waals surface area contributed by atoms with E-state index in [9.17, 15) is 9.59 Å². The van der Waals surface area contributed by atoms with Gasteiger partial charge in [-0.05, 0) is 38.3 Å². The van der Waals surface area contributed by atoms with Crippen molar-refractivity contribution >= 4 is 23.6 Å². The zero-order valence-corrected chi connectivity index (χ0v) is 12.5. The van der Waals surface area contributed by atoms with Gasteiger partial charge in [0, 0.05) is 5.25 Å². The maximum Gasteiger partial charge on any atom is 0.326 e. The fourth-order valence-corrected chi connectivity index (χ4v) is 3.12. The third-order valence-electron chi connectivity index (χ3n) is 3.08. The Balaban J connectivity index is 2.29. The van der Waals surface area contributed by atoms with Crippen LogP contribution in [0.2, 0.25) is 0 Å². The third-order valence-corrected chi connectivity index (χ3v) is 4.45. The van der Waals surface area contributed by atoms with Crippen LogP contribution in [0.1, 0.15) is 33.1 Å². The quantitative estimate of drug-likeness (QED) is 0.653. The second-order valence-electron chi connectivity index (χ2n) is 5.35. The van der Waals surface area contributed by atoms with Gasteiger partial charge in [-0.15, -0.1) is 11.8 Å². The molecule has 0 aromatic carbocycles. The minimum atomic E-state index is -0.950. The summed E-state index contributed by atoms with van der Waals surface area (Å²) in [5, 5.41) is 15.5. The van der Waals surface area contributed by atoms with E-state index >= 15 is 0 Å². The van der Waals surface area contributed by atoms with Crippen LogP contribution in [0.4, 0.5) is 0 Å². The van der Waals surface area contributed by atoms with Crippen LogP contribution in [0.25, 0.3) is 0 Å². The van der Waals surface area contributed by atoms with Gasteiger partial charge in [0.25, 0.3) is 0 Å². The van der Waals surface area contributed by atoms with Crippen molar-refractivity contribution in [2.75, 3.05) is 18.8 Å². The van der Waals surface area contributed by atoms with Crippen LogP contribution in [-0.2, 0) is 9.59 Å². The molecule has 1 rings (SSSR count). The number of rotatable bonds is 7. The molecule has 0 radical (unpaired) electrons. The van der Waals surface area contributed by atoms with Crippen molar-refractivity contribution in [3.8, 4) is 0 Å². The summed E-state index contributed by atoms with van der Waals surface area (Å²) in [6, 6.07) is -0.763. The molecule has 0 aromatic heterocycles. The van der Waals surface area contributed by atoms with Crippen LogP contribution in [0.15, 0.2) is 0 Å². The lowest BCUT2D eigenvalue weighted by molar-refractivity contribution is -0.141. The zero-order valence-electron chi connectivity index (χ0n) is 11.6. The predicted molar refractivity (Wildman–Crippen MR) is 77.4 cm³/mol. The van der Waals surface area contributed by atoms with Crippen molar-refractivity contribution in [1.82, 2.24) is 10.6 Å². The van der Waals surface area contributed by atoms with E-state index in [0.29, 0.717) is 17.4 Å². The summed E-state index contributed by atoms with van der Waals surface area (Å²) >= 11 is 1.63. The molecule has 1 aliphatic heterocycles. The Morgan fingerprint density at radius 3 is 2.53 bits per heavy atom. The van der Waals surface area contributed by atoms with Crippen LogP contribution in [0.3, 0.4) is 0 Å². The van der Waals surface area contributed by atoms with Gasteiger partial charge in [0.15, 0.2) is 0 Å². The lowest BCUT2D eigenvalue weighted by atomic mass is 10.0. The van der Waals surface area contributed by atoms with Gasteiger partial charge in [-0.3, -0.25) is 4.79 Å². The number of piperidine rings is 1. The molecule has 110 valence electrons. The highest BCUT2D eigenvalue weighted by atomic mass is 32.2. The monoisotopic (exact) mass is 288 g/mol. The second-order valence-corrected chi connectivity index (χ2v) is 6.64. The molecule has 0 unspecified atom stereocenters. The molecular weight excluding hydrogens is 264 g/mol. The predicted octanol–water partition coefficient (Wildman–Crippen LogP) is 1.09. The number of aliphatic carboxylic acids is 1. The lowest BCUT2D eigenvalue weighted by Gasteiger charge is -2.22. The first kappa shape index (κ1) is 16.3. The van der Waals surface area contributed by atoms with Gasteiger partial charge in [0.2, 0.25) is 5.91 Å². The summed E-state index contributed by atoms with van der Waals surface area (Å²) in [5.74, 6) is -0.518. The van der Waals surface area contributed by atoms with Gasteiger partial charge in [0.05, 0.1) is 5.75 Å². The number of nitrogens with one attached hydrogen (secondary N) is 2. The van der Waals surface area contributed by atoms with Crippen LogP contribution in [0.5, 0.6) is 0 Å². The van der Waals surface area contributed by atoms with Crippen molar-refractivity contribution < 1.29 is 14.7 Å². The number of amides is 1. The summed E-state index contributed by atoms with van der Waals surface area (Å²) in [5.41, 5.74) is 0. The van der Waals surface area contributed by atoms with E-state index in [1.54, 1.807) is 11.8 Å². The van der Waals surface area contributed by atoms with Crippen molar-refractivity contribution in [3.05, 3.63) is 0 Å². The number of carboxylic acid groups (broad SMARTS) is 1. The second kappa shape index (κ2) is 8.43. The van der Waals surface area contributed by atoms with E-state index in [1.807, 2.05) is 13.8 Å². The highest BCUT2D eigenvalue weighted by Crippen LogP contribution is 2.19.